The summed E-state index contributed by atoms with van der Waals surface area (Å²) in [5.74, 6) is 2.46. The second-order valence-corrected chi connectivity index (χ2v) is 5.14. The van der Waals surface area contributed by atoms with Crippen molar-refractivity contribution in [2.45, 2.75) is 32.4 Å². The van der Waals surface area contributed by atoms with Crippen LogP contribution in [0.5, 0.6) is 17.2 Å². The summed E-state index contributed by atoms with van der Waals surface area (Å²) in [6.07, 6.45) is 4.35. The molecular weight excluding hydrogens is 264 g/mol. The van der Waals surface area contributed by atoms with E-state index < -0.39 is 0 Å². The first-order valence-electron chi connectivity index (χ1n) is 7.42. The van der Waals surface area contributed by atoms with E-state index >= 15 is 0 Å². The maximum absolute atomic E-state index is 5.85. The third kappa shape index (κ3) is 4.20. The molecule has 0 spiro atoms. The lowest BCUT2D eigenvalue weighted by Crippen LogP contribution is -2.16. The molecule has 0 aliphatic heterocycles. The van der Waals surface area contributed by atoms with E-state index in [0.29, 0.717) is 12.6 Å². The van der Waals surface area contributed by atoms with Gasteiger partial charge in [-0.25, -0.2) is 0 Å². The summed E-state index contributed by atoms with van der Waals surface area (Å²) in [6.45, 7) is 3.44. The monoisotopic (exact) mass is 284 g/mol. The van der Waals surface area contributed by atoms with E-state index in [1.165, 1.54) is 12.8 Å². The molecule has 0 saturated heterocycles. The number of hydrogen-bond acceptors (Lipinski definition) is 4. The highest BCUT2D eigenvalue weighted by Crippen LogP contribution is 2.24. The Kier molecular flexibility index (Phi) is 4.36. The molecule has 1 fully saturated rings. The Bertz CT molecular complexity index is 580. The van der Waals surface area contributed by atoms with Crippen LogP contribution in [0.4, 0.5) is 0 Å². The quantitative estimate of drug-likeness (QED) is 0.844. The lowest BCUT2D eigenvalue weighted by Gasteiger charge is -2.09. The minimum absolute atomic E-state index is 0.669. The Labute approximate surface area is 125 Å². The van der Waals surface area contributed by atoms with E-state index in [0.717, 1.165) is 29.5 Å². The Morgan fingerprint density at radius 3 is 2.57 bits per heavy atom. The SMILES string of the molecule is CCOc1ccc(Oc2ccnc(CNC3CC3)c2)cc1. The van der Waals surface area contributed by atoms with Gasteiger partial charge in [0.15, 0.2) is 0 Å². The number of hydrogen-bond donors (Lipinski definition) is 1. The van der Waals surface area contributed by atoms with Gasteiger partial charge in [-0.1, -0.05) is 0 Å². The van der Waals surface area contributed by atoms with E-state index in [1.807, 2.05) is 43.3 Å². The molecule has 21 heavy (non-hydrogen) atoms. The van der Waals surface area contributed by atoms with Gasteiger partial charge in [0.1, 0.15) is 17.2 Å². The fourth-order valence-electron chi connectivity index (χ4n) is 2.06. The maximum Gasteiger partial charge on any atom is 0.130 e. The van der Waals surface area contributed by atoms with Crippen LogP contribution in [0.25, 0.3) is 0 Å². The minimum Gasteiger partial charge on any atom is -0.494 e. The van der Waals surface area contributed by atoms with Gasteiger partial charge in [-0.15, -0.1) is 0 Å². The van der Waals surface area contributed by atoms with Crippen molar-refractivity contribution in [1.29, 1.82) is 0 Å². The van der Waals surface area contributed by atoms with Crippen molar-refractivity contribution in [2.75, 3.05) is 6.61 Å². The predicted molar refractivity (Wildman–Crippen MR) is 81.8 cm³/mol. The van der Waals surface area contributed by atoms with E-state index in [-0.39, 0.29) is 0 Å². The van der Waals surface area contributed by atoms with Crippen molar-refractivity contribution >= 4 is 0 Å². The second-order valence-electron chi connectivity index (χ2n) is 5.14. The third-order valence-electron chi connectivity index (χ3n) is 3.31. The zero-order valence-corrected chi connectivity index (χ0v) is 12.2. The maximum atomic E-state index is 5.85. The van der Waals surface area contributed by atoms with Crippen molar-refractivity contribution in [1.82, 2.24) is 10.3 Å². The van der Waals surface area contributed by atoms with Crippen molar-refractivity contribution < 1.29 is 9.47 Å². The highest BCUT2D eigenvalue weighted by atomic mass is 16.5. The molecule has 4 nitrogen and oxygen atoms in total. The lowest BCUT2D eigenvalue weighted by molar-refractivity contribution is 0.339. The summed E-state index contributed by atoms with van der Waals surface area (Å²) in [5, 5.41) is 3.45. The van der Waals surface area contributed by atoms with Gasteiger partial charge < -0.3 is 14.8 Å². The molecule has 0 bridgehead atoms. The molecule has 1 saturated carbocycles. The van der Waals surface area contributed by atoms with Crippen molar-refractivity contribution in [3.8, 4) is 17.2 Å². The lowest BCUT2D eigenvalue weighted by atomic mass is 10.3. The number of pyridine rings is 1. The molecule has 3 rings (SSSR count). The standard InChI is InChI=1S/C17H20N2O2/c1-2-20-15-5-7-16(8-6-15)21-17-9-10-18-14(11-17)12-19-13-3-4-13/h5-11,13,19H,2-4,12H2,1H3. The Morgan fingerprint density at radius 1 is 1.10 bits per heavy atom. The Morgan fingerprint density at radius 2 is 1.86 bits per heavy atom. The number of rotatable bonds is 7. The predicted octanol–water partition coefficient (Wildman–Crippen LogP) is 3.52. The van der Waals surface area contributed by atoms with Crippen LogP contribution in [0.1, 0.15) is 25.5 Å². The number of nitrogens with zero attached hydrogens (tertiary/aromatic N) is 1. The van der Waals surface area contributed by atoms with Crippen LogP contribution < -0.4 is 14.8 Å². The van der Waals surface area contributed by atoms with E-state index in [2.05, 4.69) is 10.3 Å². The van der Waals surface area contributed by atoms with Gasteiger partial charge in [-0.3, -0.25) is 4.98 Å². The molecule has 1 aliphatic carbocycles. The minimum atomic E-state index is 0.669. The van der Waals surface area contributed by atoms with E-state index in [4.69, 9.17) is 9.47 Å². The fraction of sp³-hybridized carbons (Fsp3) is 0.353. The number of aromatic nitrogens is 1. The highest BCUT2D eigenvalue weighted by Gasteiger charge is 2.20. The van der Waals surface area contributed by atoms with Crippen LogP contribution in [0.15, 0.2) is 42.6 Å². The zero-order valence-electron chi connectivity index (χ0n) is 12.2. The highest BCUT2D eigenvalue weighted by molar-refractivity contribution is 5.35. The average Bonchev–Trinajstić information content (AvgIpc) is 3.32. The molecule has 1 heterocycles. The van der Waals surface area contributed by atoms with Crippen molar-refractivity contribution in [2.24, 2.45) is 0 Å². The van der Waals surface area contributed by atoms with Crippen LogP contribution in [-0.2, 0) is 6.54 Å². The summed E-state index contributed by atoms with van der Waals surface area (Å²) >= 11 is 0. The molecule has 4 heteroatoms. The molecule has 1 N–H and O–H groups in total. The topological polar surface area (TPSA) is 43.4 Å². The van der Waals surface area contributed by atoms with Crippen LogP contribution in [0.2, 0.25) is 0 Å². The molecule has 2 aromatic rings. The van der Waals surface area contributed by atoms with E-state index in [9.17, 15) is 0 Å². The summed E-state index contributed by atoms with van der Waals surface area (Å²) in [5.41, 5.74) is 1.00. The molecule has 0 atom stereocenters. The zero-order chi connectivity index (χ0) is 14.5. The molecule has 1 aliphatic rings. The Hall–Kier alpha value is -2.07. The first-order valence-corrected chi connectivity index (χ1v) is 7.42. The van der Waals surface area contributed by atoms with Gasteiger partial charge in [0.25, 0.3) is 0 Å². The average molecular weight is 284 g/mol. The normalized spacial score (nSPS) is 14.0. The molecule has 0 amide bonds. The van der Waals surface area contributed by atoms with Gasteiger partial charge >= 0.3 is 0 Å². The van der Waals surface area contributed by atoms with Crippen LogP contribution in [-0.4, -0.2) is 17.6 Å². The molecule has 1 aromatic heterocycles. The first kappa shape index (κ1) is 13.9. The smallest absolute Gasteiger partial charge is 0.130 e. The fourth-order valence-corrected chi connectivity index (χ4v) is 2.06. The van der Waals surface area contributed by atoms with Gasteiger partial charge in [-0.2, -0.15) is 0 Å². The molecule has 0 unspecified atom stereocenters. The third-order valence-corrected chi connectivity index (χ3v) is 3.31. The van der Waals surface area contributed by atoms with Gasteiger partial charge in [0.05, 0.1) is 12.3 Å². The summed E-state index contributed by atoms with van der Waals surface area (Å²) < 4.78 is 11.3. The number of ether oxygens (including phenoxy) is 2. The summed E-state index contributed by atoms with van der Waals surface area (Å²) in [7, 11) is 0. The number of benzene rings is 1. The van der Waals surface area contributed by atoms with Gasteiger partial charge in [0.2, 0.25) is 0 Å². The first-order chi connectivity index (χ1) is 10.3. The van der Waals surface area contributed by atoms with Gasteiger partial charge in [0, 0.05) is 24.8 Å². The van der Waals surface area contributed by atoms with Crippen LogP contribution in [0, 0.1) is 0 Å². The van der Waals surface area contributed by atoms with E-state index in [1.54, 1.807) is 6.20 Å². The van der Waals surface area contributed by atoms with Gasteiger partial charge in [-0.05, 0) is 50.1 Å². The summed E-state index contributed by atoms with van der Waals surface area (Å²) in [6, 6.07) is 12.2. The largest absolute Gasteiger partial charge is 0.494 e. The van der Waals surface area contributed by atoms with Crippen LogP contribution in [0.3, 0.4) is 0 Å². The molecule has 110 valence electrons. The summed E-state index contributed by atoms with van der Waals surface area (Å²) in [4.78, 5) is 4.36. The van der Waals surface area contributed by atoms with Crippen molar-refractivity contribution in [3.05, 3.63) is 48.3 Å². The second kappa shape index (κ2) is 6.59. The Balaban J connectivity index is 1.61. The number of nitrogens with one attached hydrogen (secondary N) is 1. The molecule has 0 radical (unpaired) electrons. The van der Waals surface area contributed by atoms with Crippen molar-refractivity contribution in [3.63, 3.8) is 0 Å². The molecular formula is C17H20N2O2. The van der Waals surface area contributed by atoms with Crippen LogP contribution >= 0.6 is 0 Å². The molecule has 1 aromatic carbocycles.